The van der Waals surface area contributed by atoms with Crippen molar-refractivity contribution >= 4 is 27.4 Å². The number of piperidine rings is 1. The summed E-state index contributed by atoms with van der Waals surface area (Å²) in [6.45, 7) is 8.94. The second kappa shape index (κ2) is 5.30. The maximum atomic E-state index is 4.50. The zero-order valence-corrected chi connectivity index (χ0v) is 13.4. The van der Waals surface area contributed by atoms with E-state index in [-0.39, 0.29) is 0 Å². The van der Waals surface area contributed by atoms with Crippen LogP contribution in [0.2, 0.25) is 0 Å². The molecular weight excluding hydrogens is 268 g/mol. The summed E-state index contributed by atoms with van der Waals surface area (Å²) in [5, 5.41) is 4.89. The SMILES string of the molecule is Cc1sc2ncnc(NC3CCN(C)CC3C)c2c1C. The van der Waals surface area contributed by atoms with Crippen LogP contribution in [0.3, 0.4) is 0 Å². The zero-order valence-electron chi connectivity index (χ0n) is 12.6. The van der Waals surface area contributed by atoms with Gasteiger partial charge in [0.15, 0.2) is 0 Å². The van der Waals surface area contributed by atoms with Gasteiger partial charge in [-0.05, 0) is 45.3 Å². The van der Waals surface area contributed by atoms with E-state index in [0.29, 0.717) is 12.0 Å². The molecule has 108 valence electrons. The molecule has 0 aromatic carbocycles. The maximum Gasteiger partial charge on any atom is 0.138 e. The third-order valence-corrected chi connectivity index (χ3v) is 5.51. The number of anilines is 1. The normalized spacial score (nSPS) is 24.2. The van der Waals surface area contributed by atoms with Gasteiger partial charge in [-0.1, -0.05) is 6.92 Å². The molecule has 0 radical (unpaired) electrons. The third kappa shape index (κ3) is 2.40. The van der Waals surface area contributed by atoms with Crippen LogP contribution >= 0.6 is 11.3 Å². The standard InChI is InChI=1S/C15H22N4S/c1-9-7-19(4)6-5-12(9)18-14-13-10(2)11(3)20-15(13)17-8-16-14/h8-9,12H,5-7H2,1-4H3,(H,16,17,18). The molecule has 2 unspecified atom stereocenters. The van der Waals surface area contributed by atoms with Crippen LogP contribution in [0.4, 0.5) is 5.82 Å². The van der Waals surface area contributed by atoms with Gasteiger partial charge < -0.3 is 10.2 Å². The predicted octanol–water partition coefficient (Wildman–Crippen LogP) is 3.06. The smallest absolute Gasteiger partial charge is 0.138 e. The Morgan fingerprint density at radius 2 is 2.15 bits per heavy atom. The highest BCUT2D eigenvalue weighted by molar-refractivity contribution is 7.18. The van der Waals surface area contributed by atoms with Crippen molar-refractivity contribution in [1.29, 1.82) is 0 Å². The first-order chi connectivity index (χ1) is 9.56. The first kappa shape index (κ1) is 13.8. The molecule has 2 aromatic rings. The second-order valence-corrected chi connectivity index (χ2v) is 7.17. The van der Waals surface area contributed by atoms with E-state index >= 15 is 0 Å². The Morgan fingerprint density at radius 1 is 1.35 bits per heavy atom. The van der Waals surface area contributed by atoms with E-state index in [2.05, 4.69) is 48.0 Å². The molecule has 1 aliphatic rings. The van der Waals surface area contributed by atoms with Gasteiger partial charge in [0.1, 0.15) is 17.0 Å². The molecular formula is C15H22N4S. The molecule has 2 atom stereocenters. The molecule has 3 rings (SSSR count). The number of likely N-dealkylation sites (tertiary alicyclic amines) is 1. The predicted molar refractivity (Wildman–Crippen MR) is 85.6 cm³/mol. The lowest BCUT2D eigenvalue weighted by atomic mass is 9.94. The summed E-state index contributed by atoms with van der Waals surface area (Å²) >= 11 is 1.76. The Kier molecular flexibility index (Phi) is 3.65. The molecule has 0 bridgehead atoms. The molecule has 2 aromatic heterocycles. The number of thiophene rings is 1. The van der Waals surface area contributed by atoms with E-state index in [0.717, 1.165) is 23.7 Å². The molecule has 0 saturated carbocycles. The van der Waals surface area contributed by atoms with Crippen molar-refractivity contribution in [3.05, 3.63) is 16.8 Å². The van der Waals surface area contributed by atoms with Crippen LogP contribution in [0, 0.1) is 19.8 Å². The average Bonchev–Trinajstić information content (AvgIpc) is 2.69. The molecule has 1 aliphatic heterocycles. The number of nitrogens with one attached hydrogen (secondary N) is 1. The quantitative estimate of drug-likeness (QED) is 0.923. The number of fused-ring (bicyclic) bond motifs is 1. The molecule has 0 aliphatic carbocycles. The number of hydrogen-bond acceptors (Lipinski definition) is 5. The van der Waals surface area contributed by atoms with Crippen molar-refractivity contribution in [2.24, 2.45) is 5.92 Å². The Morgan fingerprint density at radius 3 is 2.90 bits per heavy atom. The van der Waals surface area contributed by atoms with Gasteiger partial charge >= 0.3 is 0 Å². The van der Waals surface area contributed by atoms with Gasteiger partial charge in [-0.15, -0.1) is 11.3 Å². The van der Waals surface area contributed by atoms with Crippen LogP contribution < -0.4 is 5.32 Å². The average molecular weight is 290 g/mol. The third-order valence-electron chi connectivity index (χ3n) is 4.40. The van der Waals surface area contributed by atoms with Crippen molar-refractivity contribution in [2.45, 2.75) is 33.2 Å². The summed E-state index contributed by atoms with van der Waals surface area (Å²) in [4.78, 5) is 13.7. The first-order valence-corrected chi connectivity index (χ1v) is 8.03. The summed E-state index contributed by atoms with van der Waals surface area (Å²) in [6, 6.07) is 0.504. The van der Waals surface area contributed by atoms with E-state index in [1.807, 2.05) is 0 Å². The van der Waals surface area contributed by atoms with E-state index in [9.17, 15) is 0 Å². The lowest BCUT2D eigenvalue weighted by Crippen LogP contribution is -2.43. The molecule has 5 heteroatoms. The number of aryl methyl sites for hydroxylation is 2. The first-order valence-electron chi connectivity index (χ1n) is 7.22. The molecule has 4 nitrogen and oxygen atoms in total. The van der Waals surface area contributed by atoms with Crippen LogP contribution in [-0.4, -0.2) is 41.0 Å². The van der Waals surface area contributed by atoms with Crippen molar-refractivity contribution in [1.82, 2.24) is 14.9 Å². The Hall–Kier alpha value is -1.20. The molecule has 1 N–H and O–H groups in total. The van der Waals surface area contributed by atoms with Gasteiger partial charge in [-0.2, -0.15) is 0 Å². The highest BCUT2D eigenvalue weighted by Gasteiger charge is 2.25. The summed E-state index contributed by atoms with van der Waals surface area (Å²) in [5.74, 6) is 1.65. The topological polar surface area (TPSA) is 41.1 Å². The van der Waals surface area contributed by atoms with E-state index in [1.54, 1.807) is 17.7 Å². The largest absolute Gasteiger partial charge is 0.366 e. The molecule has 1 fully saturated rings. The van der Waals surface area contributed by atoms with Crippen molar-refractivity contribution in [3.63, 3.8) is 0 Å². The zero-order chi connectivity index (χ0) is 14.3. The Labute approximate surface area is 124 Å². The fraction of sp³-hybridized carbons (Fsp3) is 0.600. The fourth-order valence-corrected chi connectivity index (χ4v) is 4.03. The molecule has 0 amide bonds. The number of aromatic nitrogens is 2. The maximum absolute atomic E-state index is 4.50. The summed E-state index contributed by atoms with van der Waals surface area (Å²) in [5.41, 5.74) is 1.31. The van der Waals surface area contributed by atoms with Gasteiger partial charge in [0.25, 0.3) is 0 Å². The molecule has 3 heterocycles. The lowest BCUT2D eigenvalue weighted by molar-refractivity contribution is 0.206. The summed E-state index contributed by atoms with van der Waals surface area (Å²) in [7, 11) is 2.20. The van der Waals surface area contributed by atoms with Gasteiger partial charge in [0.05, 0.1) is 5.39 Å². The lowest BCUT2D eigenvalue weighted by Gasteiger charge is -2.35. The number of rotatable bonds is 2. The van der Waals surface area contributed by atoms with Crippen LogP contribution in [-0.2, 0) is 0 Å². The van der Waals surface area contributed by atoms with Crippen molar-refractivity contribution in [3.8, 4) is 0 Å². The van der Waals surface area contributed by atoms with Gasteiger partial charge in [-0.25, -0.2) is 9.97 Å². The Bertz CT molecular complexity index is 622. The minimum absolute atomic E-state index is 0.504. The summed E-state index contributed by atoms with van der Waals surface area (Å²) < 4.78 is 0. The van der Waals surface area contributed by atoms with Crippen LogP contribution in [0.5, 0.6) is 0 Å². The molecule has 1 saturated heterocycles. The van der Waals surface area contributed by atoms with Gasteiger partial charge in [0, 0.05) is 17.5 Å². The van der Waals surface area contributed by atoms with E-state index < -0.39 is 0 Å². The van der Waals surface area contributed by atoms with Crippen LogP contribution in [0.1, 0.15) is 23.8 Å². The number of hydrogen-bond donors (Lipinski definition) is 1. The number of nitrogens with zero attached hydrogens (tertiary/aromatic N) is 3. The molecule has 0 spiro atoms. The second-order valence-electron chi connectivity index (χ2n) is 5.96. The van der Waals surface area contributed by atoms with Crippen molar-refractivity contribution in [2.75, 3.05) is 25.5 Å². The van der Waals surface area contributed by atoms with Gasteiger partial charge in [-0.3, -0.25) is 0 Å². The Balaban J connectivity index is 1.91. The highest BCUT2D eigenvalue weighted by Crippen LogP contribution is 2.33. The monoisotopic (exact) mass is 290 g/mol. The minimum atomic E-state index is 0.504. The van der Waals surface area contributed by atoms with E-state index in [4.69, 9.17) is 0 Å². The fourth-order valence-electron chi connectivity index (χ4n) is 3.04. The van der Waals surface area contributed by atoms with Gasteiger partial charge in [0.2, 0.25) is 0 Å². The van der Waals surface area contributed by atoms with Crippen LogP contribution in [0.15, 0.2) is 6.33 Å². The van der Waals surface area contributed by atoms with Crippen molar-refractivity contribution < 1.29 is 0 Å². The minimum Gasteiger partial charge on any atom is -0.366 e. The van der Waals surface area contributed by atoms with E-state index in [1.165, 1.54) is 22.2 Å². The highest BCUT2D eigenvalue weighted by atomic mass is 32.1. The summed E-state index contributed by atoms with van der Waals surface area (Å²) in [6.07, 6.45) is 2.85. The van der Waals surface area contributed by atoms with Crippen LogP contribution in [0.25, 0.3) is 10.2 Å². The molecule has 20 heavy (non-hydrogen) atoms.